The number of alkyl carbamates (subject to hydrolysis) is 1. The van der Waals surface area contributed by atoms with E-state index in [0.29, 0.717) is 32.4 Å². The number of fused-ring (bicyclic) bond motifs is 3. The van der Waals surface area contributed by atoms with E-state index in [1.807, 2.05) is 32.9 Å². The Bertz CT molecular complexity index is 1520. The van der Waals surface area contributed by atoms with Gasteiger partial charge in [0.05, 0.1) is 18.7 Å². The number of carbonyl (C=O) groups excluding carboxylic acids is 5. The lowest BCUT2D eigenvalue weighted by Crippen LogP contribution is -2.58. The van der Waals surface area contributed by atoms with Crippen LogP contribution in [0.25, 0.3) is 0 Å². The Morgan fingerprint density at radius 2 is 1.69 bits per heavy atom. The molecule has 1 aliphatic carbocycles. The van der Waals surface area contributed by atoms with Crippen molar-refractivity contribution in [2.24, 2.45) is 5.92 Å². The summed E-state index contributed by atoms with van der Waals surface area (Å²) in [6, 6.07) is 4.03. The van der Waals surface area contributed by atoms with Crippen LogP contribution < -0.4 is 16.1 Å². The molecule has 1 unspecified atom stereocenters. The topological polar surface area (TPSA) is 156 Å². The number of amides is 5. The Kier molecular flexibility index (Phi) is 12.0. The third-order valence-corrected chi connectivity index (χ3v) is 11.6. The molecule has 3 fully saturated rings. The van der Waals surface area contributed by atoms with Gasteiger partial charge in [-0.15, -0.1) is 0 Å². The van der Waals surface area contributed by atoms with E-state index in [1.54, 1.807) is 25.7 Å². The quantitative estimate of drug-likeness (QED) is 0.276. The van der Waals surface area contributed by atoms with E-state index in [2.05, 4.69) is 26.7 Å². The number of carbonyl (C=O) groups is 5. The van der Waals surface area contributed by atoms with Crippen molar-refractivity contribution in [1.82, 2.24) is 25.9 Å². The van der Waals surface area contributed by atoms with Gasteiger partial charge in [-0.3, -0.25) is 24.1 Å². The van der Waals surface area contributed by atoms with E-state index in [9.17, 15) is 24.0 Å². The van der Waals surface area contributed by atoms with Crippen LogP contribution >= 0.6 is 20.7 Å². The monoisotopic (exact) mass is 823 g/mol. The number of rotatable bonds is 5. The predicted molar refractivity (Wildman–Crippen MR) is 199 cm³/mol. The lowest BCUT2D eigenvalue weighted by Gasteiger charge is -2.30. The number of hydrogen-bond acceptors (Lipinski definition) is 8. The maximum atomic E-state index is 14.4. The summed E-state index contributed by atoms with van der Waals surface area (Å²) in [5.41, 5.74) is 2.14. The Morgan fingerprint density at radius 1 is 0.980 bits per heavy atom. The van der Waals surface area contributed by atoms with E-state index in [-0.39, 0.29) is 18.9 Å². The first-order valence-electron chi connectivity index (χ1n) is 18.0. The highest BCUT2D eigenvalue weighted by Crippen LogP contribution is 2.48. The fourth-order valence-electron chi connectivity index (χ4n) is 7.16. The highest BCUT2D eigenvalue weighted by molar-refractivity contribution is 14.2. The number of hydroxylamine groups is 1. The molecule has 1 saturated carbocycles. The molecular weight excluding hydrogens is 769 g/mol. The summed E-state index contributed by atoms with van der Waals surface area (Å²) in [6.07, 6.45) is 3.87. The molecule has 2 saturated heterocycles. The molecule has 0 radical (unpaired) electrons. The third-order valence-electron chi connectivity index (χ3n) is 9.79. The van der Waals surface area contributed by atoms with Crippen molar-refractivity contribution in [3.63, 3.8) is 0 Å². The van der Waals surface area contributed by atoms with Gasteiger partial charge >= 0.3 is 12.2 Å². The van der Waals surface area contributed by atoms with E-state index >= 15 is 0 Å². The fraction of sp³-hybridized carbons (Fsp3) is 0.676. The summed E-state index contributed by atoms with van der Waals surface area (Å²) in [7, 11) is 0. The first kappa shape index (κ1) is 38.9. The van der Waals surface area contributed by atoms with Gasteiger partial charge in [-0.05, 0) is 83.9 Å². The molecule has 3 aliphatic heterocycles. The van der Waals surface area contributed by atoms with Crippen molar-refractivity contribution in [2.75, 3.05) is 6.54 Å². The van der Waals surface area contributed by atoms with Gasteiger partial charge in [0.1, 0.15) is 29.3 Å². The maximum absolute atomic E-state index is 14.4. The number of benzene rings is 1. The lowest BCUT2D eigenvalue weighted by atomic mass is 10.0. The molecule has 0 aromatic heterocycles. The lowest BCUT2D eigenvalue weighted by molar-refractivity contribution is -0.151. The summed E-state index contributed by atoms with van der Waals surface area (Å²) in [6.45, 7) is 11.5. The molecule has 5 amide bonds. The van der Waals surface area contributed by atoms with Gasteiger partial charge < -0.3 is 25.0 Å². The van der Waals surface area contributed by atoms with Gasteiger partial charge in [0.2, 0.25) is 11.8 Å². The molecule has 4 aliphatic rings. The zero-order chi connectivity index (χ0) is 37.1. The molecule has 5 atom stereocenters. The molecule has 51 heavy (non-hydrogen) atoms. The van der Waals surface area contributed by atoms with Crippen molar-refractivity contribution in [1.29, 1.82) is 0 Å². The molecule has 3 N–H and O–H groups in total. The number of halogens is 1. The highest BCUT2D eigenvalue weighted by Gasteiger charge is 2.62. The van der Waals surface area contributed by atoms with Crippen molar-refractivity contribution in [2.45, 2.75) is 147 Å². The molecule has 13 nitrogen and oxygen atoms in total. The average Bonchev–Trinajstić information content (AvgIpc) is 3.35. The zero-order valence-corrected chi connectivity index (χ0v) is 32.9. The predicted octanol–water partition coefficient (Wildman–Crippen LogP) is 5.04. The second-order valence-corrected chi connectivity index (χ2v) is 18.1. The molecular formula is C37H54IN5O8. The minimum Gasteiger partial charge on any atom is -0.444 e. The highest BCUT2D eigenvalue weighted by atomic mass is 127. The second kappa shape index (κ2) is 15.8. The second-order valence-electron chi connectivity index (χ2n) is 16.2. The number of hydrogen-bond donors (Lipinski definition) is 3. The molecule has 282 valence electrons. The van der Waals surface area contributed by atoms with Crippen LogP contribution in [0.3, 0.4) is 0 Å². The van der Waals surface area contributed by atoms with Crippen molar-refractivity contribution in [3.8, 4) is 0 Å². The van der Waals surface area contributed by atoms with Crippen LogP contribution in [0.1, 0.15) is 110 Å². The molecule has 14 heteroatoms. The molecule has 1 aromatic rings. The largest absolute Gasteiger partial charge is 0.444 e. The molecule has 0 spiro atoms. The van der Waals surface area contributed by atoms with Crippen molar-refractivity contribution in [3.05, 3.63) is 32.9 Å². The van der Waals surface area contributed by atoms with Crippen LogP contribution in [-0.2, 0) is 41.8 Å². The summed E-state index contributed by atoms with van der Waals surface area (Å²) in [5.74, 6) is -1.49. The van der Waals surface area contributed by atoms with Crippen LogP contribution in [0.4, 0.5) is 9.59 Å². The average molecular weight is 824 g/mol. The van der Waals surface area contributed by atoms with Gasteiger partial charge in [-0.2, -0.15) is 0 Å². The molecule has 3 heterocycles. The van der Waals surface area contributed by atoms with E-state index in [0.717, 1.165) is 43.2 Å². The Labute approximate surface area is 310 Å². The van der Waals surface area contributed by atoms with Crippen molar-refractivity contribution < 1.29 is 38.3 Å². The third kappa shape index (κ3) is 9.79. The van der Waals surface area contributed by atoms with Gasteiger partial charge in [-0.1, -0.05) is 69.5 Å². The van der Waals surface area contributed by atoms with Gasteiger partial charge in [0.25, 0.3) is 5.91 Å². The van der Waals surface area contributed by atoms with Crippen LogP contribution in [0.15, 0.2) is 18.2 Å². The Hall–Kier alpha value is -3.27. The summed E-state index contributed by atoms with van der Waals surface area (Å²) < 4.78 is 16.8. The summed E-state index contributed by atoms with van der Waals surface area (Å²) in [4.78, 5) is 77.3. The number of nitrogens with one attached hydrogen (secondary N) is 3. The summed E-state index contributed by atoms with van der Waals surface area (Å²) >= 11 is -0.418. The maximum Gasteiger partial charge on any atom is 0.410 e. The smallest absolute Gasteiger partial charge is 0.410 e. The normalized spacial score (nSPS) is 27.2. The Balaban J connectivity index is 1.38. The van der Waals surface area contributed by atoms with Crippen molar-refractivity contribution >= 4 is 55.2 Å². The van der Waals surface area contributed by atoms with Crippen LogP contribution in [-0.4, -0.2) is 85.7 Å². The molecule has 0 bridgehead atoms. The van der Waals surface area contributed by atoms with Crippen LogP contribution in [0, 0.1) is 9.49 Å². The van der Waals surface area contributed by atoms with E-state index in [4.69, 9.17) is 14.3 Å². The Morgan fingerprint density at radius 3 is 2.37 bits per heavy atom. The minimum absolute atomic E-state index is 0.0404. The van der Waals surface area contributed by atoms with E-state index in [1.165, 1.54) is 8.47 Å². The summed E-state index contributed by atoms with van der Waals surface area (Å²) in [5, 5.41) is 5.77. The first-order valence-corrected chi connectivity index (χ1v) is 20.7. The zero-order valence-electron chi connectivity index (χ0n) is 30.8. The number of nitrogens with zero attached hydrogens (tertiary/aromatic N) is 2. The molecule has 5 rings (SSSR count). The fourth-order valence-corrected chi connectivity index (χ4v) is 8.60. The molecule has 1 aromatic carbocycles. The van der Waals surface area contributed by atoms with Crippen LogP contribution in [0.5, 0.6) is 0 Å². The first-order chi connectivity index (χ1) is 24.0. The minimum atomic E-state index is -1.18. The number of ether oxygens (including phenoxy) is 2. The standard InChI is InChI=1S/C37H54IN5O8/c1-35(2,3)50-33(47)39-28-17-12-10-8-9-11-15-24-19-37(24,32(46)41-51-36(4,5)6)40-30(44)29-18-25(21-43(29)31(28)45)49-34(48)42-20-23-14-13-16-27(38-7)26(23)22-42/h13-14,16,24-25,28-29H,7-12,15,17-22H2,1-6H3,(H,39,47)(H,40,44)(H,41,46)/t24-,25?,28+,29+,37-/m1/s1. The van der Waals surface area contributed by atoms with Crippen LogP contribution in [0.2, 0.25) is 0 Å². The van der Waals surface area contributed by atoms with Gasteiger partial charge in [0.15, 0.2) is 0 Å². The SMILES string of the molecule is C=Ic1cccc2c1CN(C(=O)OC1C[C@H]3C(=O)N[C@]4(C(=O)NOC(C)(C)C)C[C@H]4CCCCCCC[C@H](NC(=O)OC(C)(C)C)C(=O)N3C1)C2. The van der Waals surface area contributed by atoms with Gasteiger partial charge in [0, 0.05) is 16.5 Å². The van der Waals surface area contributed by atoms with Gasteiger partial charge in [-0.25, -0.2) is 15.1 Å². The van der Waals surface area contributed by atoms with E-state index < -0.39 is 85.6 Å².